The summed E-state index contributed by atoms with van der Waals surface area (Å²) < 4.78 is 17.3. The number of hydrogen-bond acceptors (Lipinski definition) is 4. The number of hydrogen-bond donors (Lipinski definition) is 2. The van der Waals surface area contributed by atoms with Crippen molar-refractivity contribution >= 4 is 22.4 Å². The fourth-order valence-corrected chi connectivity index (χ4v) is 3.00. The van der Waals surface area contributed by atoms with Gasteiger partial charge in [-0.2, -0.15) is 0 Å². The number of ether oxygens (including phenoxy) is 1. The molecular weight excluding hydrogens is 276 g/mol. The van der Waals surface area contributed by atoms with Crippen LogP contribution in [0.3, 0.4) is 0 Å². The Bertz CT molecular complexity index is 491. The third-order valence-electron chi connectivity index (χ3n) is 3.06. The van der Waals surface area contributed by atoms with Crippen LogP contribution in [-0.2, 0) is 20.3 Å². The smallest absolute Gasteiger partial charge is 0.235 e. The first-order valence-electron chi connectivity index (χ1n) is 6.51. The lowest BCUT2D eigenvalue weighted by Crippen LogP contribution is -2.36. The van der Waals surface area contributed by atoms with Crippen molar-refractivity contribution in [3.8, 4) is 0 Å². The van der Waals surface area contributed by atoms with Gasteiger partial charge in [0.1, 0.15) is 5.25 Å². The predicted molar refractivity (Wildman–Crippen MR) is 81.0 cm³/mol. The van der Waals surface area contributed by atoms with Gasteiger partial charge in [-0.1, -0.05) is 6.07 Å². The highest BCUT2D eigenvalue weighted by Gasteiger charge is 2.22. The molecule has 1 amide bonds. The third-order valence-corrected chi connectivity index (χ3v) is 4.79. The number of carbonyl (C=O) groups excluding carboxylic acids is 1. The van der Waals surface area contributed by atoms with E-state index in [0.29, 0.717) is 23.7 Å². The molecule has 0 bridgehead atoms. The third kappa shape index (κ3) is 4.31. The molecule has 2 atom stereocenters. The van der Waals surface area contributed by atoms with Crippen molar-refractivity contribution in [2.75, 3.05) is 26.0 Å². The number of carbonyl (C=O) groups is 1. The Balaban J connectivity index is 2.66. The fourth-order valence-electron chi connectivity index (χ4n) is 1.71. The topological polar surface area (TPSA) is 81.4 Å². The van der Waals surface area contributed by atoms with Crippen LogP contribution >= 0.6 is 0 Å². The van der Waals surface area contributed by atoms with E-state index in [1.165, 1.54) is 0 Å². The van der Waals surface area contributed by atoms with Gasteiger partial charge in [-0.3, -0.25) is 9.00 Å². The second-order valence-electron chi connectivity index (χ2n) is 4.55. The summed E-state index contributed by atoms with van der Waals surface area (Å²) in [5, 5.41) is 2.15. The van der Waals surface area contributed by atoms with Crippen LogP contribution < -0.4 is 11.1 Å². The lowest BCUT2D eigenvalue weighted by Gasteiger charge is -2.14. The number of nitrogens with one attached hydrogen (secondary N) is 1. The Morgan fingerprint density at radius 3 is 2.85 bits per heavy atom. The molecule has 20 heavy (non-hydrogen) atoms. The zero-order valence-electron chi connectivity index (χ0n) is 12.1. The minimum atomic E-state index is -1.41. The molecule has 0 saturated heterocycles. The minimum absolute atomic E-state index is 0.221. The lowest BCUT2D eigenvalue weighted by atomic mass is 10.2. The van der Waals surface area contributed by atoms with Gasteiger partial charge in [-0.05, 0) is 38.0 Å². The average Bonchev–Trinajstić information content (AvgIpc) is 2.44. The van der Waals surface area contributed by atoms with Gasteiger partial charge >= 0.3 is 0 Å². The summed E-state index contributed by atoms with van der Waals surface area (Å²) in [4.78, 5) is 12.6. The van der Waals surface area contributed by atoms with E-state index in [4.69, 9.17) is 10.5 Å². The van der Waals surface area contributed by atoms with Crippen molar-refractivity contribution in [3.63, 3.8) is 0 Å². The standard InChI is InChI=1S/C14H22N2O3S/c1-10-12(15)6-4-7-13(10)20(18)11(2)14(17)16-8-5-9-19-3/h4,6-7,11H,5,8-9,15H2,1-3H3,(H,16,17). The number of benzene rings is 1. The van der Waals surface area contributed by atoms with Crippen LogP contribution in [0.25, 0.3) is 0 Å². The highest BCUT2D eigenvalue weighted by molar-refractivity contribution is 7.86. The van der Waals surface area contributed by atoms with Crippen LogP contribution in [0.15, 0.2) is 23.1 Å². The van der Waals surface area contributed by atoms with E-state index in [1.807, 2.05) is 6.92 Å². The summed E-state index contributed by atoms with van der Waals surface area (Å²) in [5.41, 5.74) is 7.15. The van der Waals surface area contributed by atoms with Gasteiger partial charge in [-0.15, -0.1) is 0 Å². The van der Waals surface area contributed by atoms with E-state index in [-0.39, 0.29) is 5.91 Å². The first kappa shape index (κ1) is 16.7. The Labute approximate surface area is 122 Å². The highest BCUT2D eigenvalue weighted by Crippen LogP contribution is 2.21. The van der Waals surface area contributed by atoms with Gasteiger partial charge in [0, 0.05) is 30.8 Å². The van der Waals surface area contributed by atoms with E-state index >= 15 is 0 Å². The molecule has 0 radical (unpaired) electrons. The number of methoxy groups -OCH3 is 1. The van der Waals surface area contributed by atoms with Gasteiger partial charge < -0.3 is 15.8 Å². The molecule has 0 aliphatic heterocycles. The van der Waals surface area contributed by atoms with Crippen molar-refractivity contribution in [1.29, 1.82) is 0 Å². The van der Waals surface area contributed by atoms with E-state index in [1.54, 1.807) is 32.2 Å². The molecule has 3 N–H and O–H groups in total. The molecule has 0 aromatic heterocycles. The monoisotopic (exact) mass is 298 g/mol. The summed E-state index contributed by atoms with van der Waals surface area (Å²) in [6, 6.07) is 5.25. The number of anilines is 1. The minimum Gasteiger partial charge on any atom is -0.398 e. The summed E-state index contributed by atoms with van der Waals surface area (Å²) in [5.74, 6) is -0.221. The zero-order valence-corrected chi connectivity index (χ0v) is 13.0. The Morgan fingerprint density at radius 2 is 2.20 bits per heavy atom. The van der Waals surface area contributed by atoms with Crippen LogP contribution in [0.5, 0.6) is 0 Å². The van der Waals surface area contributed by atoms with Crippen LogP contribution in [0.4, 0.5) is 5.69 Å². The van der Waals surface area contributed by atoms with E-state index in [9.17, 15) is 9.00 Å². The molecule has 0 fully saturated rings. The molecule has 0 spiro atoms. The number of nitrogens with two attached hydrogens (primary N) is 1. The molecule has 6 heteroatoms. The average molecular weight is 298 g/mol. The molecule has 1 aromatic rings. The second-order valence-corrected chi connectivity index (χ2v) is 6.29. The van der Waals surface area contributed by atoms with Crippen molar-refractivity contribution in [2.45, 2.75) is 30.4 Å². The first-order valence-corrected chi connectivity index (χ1v) is 7.72. The van der Waals surface area contributed by atoms with Crippen LogP contribution in [-0.4, -0.2) is 35.6 Å². The lowest BCUT2D eigenvalue weighted by molar-refractivity contribution is -0.120. The molecule has 0 aliphatic carbocycles. The molecule has 5 nitrogen and oxygen atoms in total. The summed E-state index contributed by atoms with van der Waals surface area (Å²) in [6.45, 7) is 4.58. The molecule has 1 rings (SSSR count). The quantitative estimate of drug-likeness (QED) is 0.586. The Kier molecular flexibility index (Phi) is 6.67. The first-order chi connectivity index (χ1) is 9.49. The van der Waals surface area contributed by atoms with E-state index in [2.05, 4.69) is 5.32 Å². The number of rotatable bonds is 7. The Hall–Kier alpha value is -1.40. The summed E-state index contributed by atoms with van der Waals surface area (Å²) in [7, 11) is 0.203. The fraction of sp³-hybridized carbons (Fsp3) is 0.500. The van der Waals surface area contributed by atoms with Crippen molar-refractivity contribution in [3.05, 3.63) is 23.8 Å². The maximum Gasteiger partial charge on any atom is 0.235 e. The maximum absolute atomic E-state index is 12.4. The van der Waals surface area contributed by atoms with E-state index < -0.39 is 16.0 Å². The predicted octanol–water partition coefficient (Wildman–Crippen LogP) is 1.23. The molecule has 0 aliphatic rings. The zero-order chi connectivity index (χ0) is 15.1. The van der Waals surface area contributed by atoms with Crippen molar-refractivity contribution < 1.29 is 13.7 Å². The molecule has 2 unspecified atom stereocenters. The normalized spacial score (nSPS) is 13.8. The van der Waals surface area contributed by atoms with Gasteiger partial charge in [0.2, 0.25) is 5.91 Å². The van der Waals surface area contributed by atoms with Crippen LogP contribution in [0.1, 0.15) is 18.9 Å². The van der Waals surface area contributed by atoms with Crippen LogP contribution in [0.2, 0.25) is 0 Å². The summed E-state index contributed by atoms with van der Waals surface area (Å²) >= 11 is 0. The van der Waals surface area contributed by atoms with Gasteiger partial charge in [0.05, 0.1) is 10.8 Å². The van der Waals surface area contributed by atoms with Gasteiger partial charge in [-0.25, -0.2) is 0 Å². The number of nitrogen functional groups attached to an aromatic ring is 1. The van der Waals surface area contributed by atoms with Gasteiger partial charge in [0.15, 0.2) is 0 Å². The van der Waals surface area contributed by atoms with Gasteiger partial charge in [0.25, 0.3) is 0 Å². The highest BCUT2D eigenvalue weighted by atomic mass is 32.2. The molecule has 0 saturated carbocycles. The second kappa shape index (κ2) is 8.01. The maximum atomic E-state index is 12.4. The largest absolute Gasteiger partial charge is 0.398 e. The molecule has 0 heterocycles. The van der Waals surface area contributed by atoms with Crippen molar-refractivity contribution in [1.82, 2.24) is 5.32 Å². The van der Waals surface area contributed by atoms with Crippen LogP contribution in [0, 0.1) is 6.92 Å². The molecule has 1 aromatic carbocycles. The van der Waals surface area contributed by atoms with Crippen molar-refractivity contribution in [2.24, 2.45) is 0 Å². The summed E-state index contributed by atoms with van der Waals surface area (Å²) in [6.07, 6.45) is 0.735. The Morgan fingerprint density at radius 1 is 1.50 bits per heavy atom. The SMILES string of the molecule is COCCCNC(=O)C(C)S(=O)c1cccc(N)c1C. The van der Waals surface area contributed by atoms with E-state index in [0.717, 1.165) is 12.0 Å². The number of amides is 1. The molecular formula is C14H22N2O3S. The molecule has 112 valence electrons.